The number of nitrogens with zero attached hydrogens (tertiary/aromatic N) is 7. The first-order chi connectivity index (χ1) is 46.5. The Labute approximate surface area is 582 Å². The Morgan fingerprint density at radius 2 is 0.969 bits per heavy atom. The van der Waals surface area contributed by atoms with Crippen molar-refractivity contribution in [2.24, 2.45) is 0 Å². The number of hydrogen-bond donors (Lipinski definition) is 3. The highest BCUT2D eigenvalue weighted by atomic mass is 79.9. The van der Waals surface area contributed by atoms with E-state index < -0.39 is 32.0 Å². The number of H-pyrrole nitrogens is 1. The number of aliphatic hydroxyl groups is 2. The minimum atomic E-state index is -0.912. The normalized spacial score (nSPS) is 18.2. The Hall–Kier alpha value is -7.20. The summed E-state index contributed by atoms with van der Waals surface area (Å²) < 4.78 is 67.9. The fourth-order valence-corrected chi connectivity index (χ4v) is 12.8. The third-order valence-electron chi connectivity index (χ3n) is 17.8. The van der Waals surface area contributed by atoms with Crippen molar-refractivity contribution in [1.29, 1.82) is 0 Å². The van der Waals surface area contributed by atoms with Gasteiger partial charge in [-0.25, -0.2) is 43.7 Å². The van der Waals surface area contributed by atoms with Crippen LogP contribution in [0.5, 0.6) is 0 Å². The third kappa shape index (κ3) is 16.8. The van der Waals surface area contributed by atoms with E-state index in [0.717, 1.165) is 70.9 Å². The molecule has 2 fully saturated rings. The van der Waals surface area contributed by atoms with E-state index in [1.165, 1.54) is 76.1 Å². The number of aromatic amines is 1. The number of aliphatic hydroxyl groups excluding tert-OH is 2. The number of aromatic nitrogens is 8. The summed E-state index contributed by atoms with van der Waals surface area (Å²) >= 11 is 11.8. The zero-order chi connectivity index (χ0) is 68.7. The maximum atomic E-state index is 14.8. The van der Waals surface area contributed by atoms with Crippen LogP contribution in [0, 0.1) is 11.6 Å². The second-order valence-corrected chi connectivity index (χ2v) is 28.2. The first-order valence-corrected chi connectivity index (χ1v) is 34.4. The van der Waals surface area contributed by atoms with Gasteiger partial charge in [-0.2, -0.15) is 0 Å². The molecule has 0 saturated carbocycles. The van der Waals surface area contributed by atoms with E-state index in [1.807, 2.05) is 97.9 Å². The van der Waals surface area contributed by atoms with Crippen molar-refractivity contribution in [3.63, 3.8) is 0 Å². The first kappa shape index (κ1) is 71.1. The van der Waals surface area contributed by atoms with Crippen LogP contribution in [0.2, 0.25) is 5.15 Å². The number of hydrogen-bond acceptors (Lipinski definition) is 19. The summed E-state index contributed by atoms with van der Waals surface area (Å²) in [6.07, 6.45) is 14.9. The quantitative estimate of drug-likeness (QED) is 0.0901. The summed E-state index contributed by atoms with van der Waals surface area (Å²) in [5.74, 6) is -0.744. The van der Waals surface area contributed by atoms with Gasteiger partial charge in [0.05, 0.1) is 100 Å². The molecule has 15 rings (SSSR count). The van der Waals surface area contributed by atoms with E-state index in [1.54, 1.807) is 47.4 Å². The molecule has 5 aliphatic heterocycles. The molecule has 5 aromatic carbocycles. The molecule has 5 aliphatic rings. The standard InChI is InChI=1S/C23H18FN3O2S.C13H11ClN2O.C13H12N2O2.C12H24B2O4.C10H7BrFNOS/c24-19-4-2-16(22(28)23-25-7-10-30-23)11-18(19)21-17-3-1-15(12-20(17)26-13-27-21)14-5-8-29-9-6-14;14-13-11-2-1-10(7-12(11)15-8-16-13)9-3-5-17-6-4-9;16-13-11-2-1-10(7-12(11)14-8-15-13)9-3-5-17-6-4-9;1-9(2)10(3,4)16-13(15-9)14-17-11(5,6)12(7,8)18-14;11-7-5-6(1-2-8(7)12)9(14)10-13-3-4-15-10/h1-5,7,10-13,22,28H,6,8-9H2;1-3,7-8H,4-6H2;1-3,7-8H,4-6H2,(H,14,15,16);1-8H3;1-5,9,14H. The second kappa shape index (κ2) is 30.9. The average Bonchev–Trinajstić information content (AvgIpc) is 1.44. The molecule has 0 bridgehead atoms. The number of halogens is 4. The fourth-order valence-electron chi connectivity index (χ4n) is 10.9. The van der Waals surface area contributed by atoms with Gasteiger partial charge in [0, 0.05) is 39.5 Å². The molecular formula is C71H72B2BrClF2N8O10S2. The zero-order valence-electron chi connectivity index (χ0n) is 54.7. The molecule has 2 unspecified atom stereocenters. The molecule has 0 spiro atoms. The molecule has 502 valence electrons. The van der Waals surface area contributed by atoms with Crippen LogP contribution in [-0.4, -0.2) is 126 Å². The first-order valence-electron chi connectivity index (χ1n) is 31.5. The van der Waals surface area contributed by atoms with Gasteiger partial charge in [-0.15, -0.1) is 22.7 Å². The summed E-state index contributed by atoms with van der Waals surface area (Å²) in [7, 11) is -0.952. The lowest BCUT2D eigenvalue weighted by Crippen LogP contribution is -2.41. The van der Waals surface area contributed by atoms with Gasteiger partial charge in [0.1, 0.15) is 51.7 Å². The van der Waals surface area contributed by atoms with Crippen LogP contribution in [0.25, 0.3) is 60.7 Å². The molecule has 2 atom stereocenters. The summed E-state index contributed by atoms with van der Waals surface area (Å²) in [5.41, 5.74) is 10.0. The van der Waals surface area contributed by atoms with Crippen molar-refractivity contribution in [3.8, 4) is 11.3 Å². The van der Waals surface area contributed by atoms with Crippen LogP contribution in [0.3, 0.4) is 0 Å². The molecular weight excluding hydrogens is 1360 g/mol. The van der Waals surface area contributed by atoms with Gasteiger partial charge < -0.3 is 48.0 Å². The Balaban J connectivity index is 0.000000126. The maximum Gasteiger partial charge on any atom is 0.488 e. The molecule has 0 radical (unpaired) electrons. The molecule has 97 heavy (non-hydrogen) atoms. The number of rotatable bonds is 9. The van der Waals surface area contributed by atoms with Crippen LogP contribution in [0.1, 0.15) is 125 Å². The van der Waals surface area contributed by atoms with E-state index in [-0.39, 0.29) is 33.8 Å². The lowest BCUT2D eigenvalue weighted by molar-refractivity contribution is 0.00578. The third-order valence-corrected chi connectivity index (χ3v) is 20.4. The lowest BCUT2D eigenvalue weighted by Gasteiger charge is -2.32. The smallest absolute Gasteiger partial charge is 0.405 e. The Kier molecular flexibility index (Phi) is 22.7. The number of fused-ring (bicyclic) bond motifs is 3. The molecule has 26 heteroatoms. The largest absolute Gasteiger partial charge is 0.488 e. The Morgan fingerprint density at radius 3 is 1.42 bits per heavy atom. The molecule has 3 N–H and O–H groups in total. The van der Waals surface area contributed by atoms with Crippen LogP contribution in [0.4, 0.5) is 8.78 Å². The van der Waals surface area contributed by atoms with Crippen molar-refractivity contribution < 1.29 is 51.8 Å². The van der Waals surface area contributed by atoms with Crippen molar-refractivity contribution >= 4 is 114 Å². The molecule has 0 aliphatic carbocycles. The second-order valence-electron chi connectivity index (χ2n) is 25.2. The maximum absolute atomic E-state index is 14.8. The highest BCUT2D eigenvalue weighted by Crippen LogP contribution is 2.43. The van der Waals surface area contributed by atoms with E-state index in [2.05, 4.69) is 86.2 Å². The molecule has 5 aromatic heterocycles. The lowest BCUT2D eigenvalue weighted by atomic mass is 9.49. The predicted octanol–water partition coefficient (Wildman–Crippen LogP) is 15.0. The minimum absolute atomic E-state index is 0.0949. The SMILES string of the molecule is CC1(C)OB(B2OC(C)(C)C(C)(C)O2)OC1(C)C.Clc1ncnc2cc(C3=CCOCC3)ccc12.O=c1[nH]cnc2cc(C3=CCOCC3)ccc12.OC(c1ccc(F)c(-c2ncnc3cc(C4=CCOCC4)ccc23)c1)c1nccs1.OC(c1ccc(F)c(Br)c1)c1nccs1. The molecule has 10 heterocycles. The minimum Gasteiger partial charge on any atom is -0.405 e. The molecule has 2 saturated heterocycles. The van der Waals surface area contributed by atoms with Crippen LogP contribution >= 0.6 is 50.2 Å². The average molecular weight is 1440 g/mol. The number of benzene rings is 5. The van der Waals surface area contributed by atoms with Gasteiger partial charge in [-0.05, 0) is 190 Å². The van der Waals surface area contributed by atoms with Gasteiger partial charge in [0.2, 0.25) is 0 Å². The monoisotopic (exact) mass is 1430 g/mol. The molecule has 0 amide bonds. The zero-order valence-corrected chi connectivity index (χ0v) is 58.7. The summed E-state index contributed by atoms with van der Waals surface area (Å²) in [4.78, 5) is 43.4. The van der Waals surface area contributed by atoms with Crippen LogP contribution in [-0.2, 0) is 32.8 Å². The molecule has 18 nitrogen and oxygen atoms in total. The topological polar surface area (TPSA) is 228 Å². The summed E-state index contributed by atoms with van der Waals surface area (Å²) in [6, 6.07) is 26.8. The fraction of sp³-hybridized carbons (Fsp3) is 0.324. The highest BCUT2D eigenvalue weighted by Gasteiger charge is 2.63. The highest BCUT2D eigenvalue weighted by molar-refractivity contribution is 9.10. The Bertz CT molecular complexity index is 4520. The molecule has 10 aromatic rings. The summed E-state index contributed by atoms with van der Waals surface area (Å²) in [6.45, 7) is 20.4. The van der Waals surface area contributed by atoms with E-state index in [4.69, 9.17) is 44.4 Å². The van der Waals surface area contributed by atoms with Crippen molar-refractivity contribution in [2.45, 2.75) is 109 Å². The van der Waals surface area contributed by atoms with Crippen molar-refractivity contribution in [1.82, 2.24) is 39.9 Å². The van der Waals surface area contributed by atoms with E-state index in [9.17, 15) is 23.8 Å². The van der Waals surface area contributed by atoms with Gasteiger partial charge in [-0.3, -0.25) is 4.79 Å². The Morgan fingerprint density at radius 1 is 0.536 bits per heavy atom. The van der Waals surface area contributed by atoms with Crippen molar-refractivity contribution in [2.75, 3.05) is 39.6 Å². The number of nitrogens with one attached hydrogen (secondary N) is 1. The van der Waals surface area contributed by atoms with E-state index in [0.29, 0.717) is 73.8 Å². The number of thiazole rings is 2. The van der Waals surface area contributed by atoms with Gasteiger partial charge >= 0.3 is 14.0 Å². The summed E-state index contributed by atoms with van der Waals surface area (Å²) in [5, 5.41) is 28.1. The van der Waals surface area contributed by atoms with Gasteiger partial charge in [-0.1, -0.05) is 66.2 Å². The number of ether oxygens (including phenoxy) is 3. The van der Waals surface area contributed by atoms with Gasteiger partial charge in [0.25, 0.3) is 5.56 Å². The van der Waals surface area contributed by atoms with E-state index >= 15 is 0 Å². The predicted molar refractivity (Wildman–Crippen MR) is 381 cm³/mol. The van der Waals surface area contributed by atoms with Gasteiger partial charge in [0.15, 0.2) is 0 Å². The van der Waals surface area contributed by atoms with Crippen LogP contribution < -0.4 is 5.56 Å². The van der Waals surface area contributed by atoms with Crippen LogP contribution in [0.15, 0.2) is 161 Å². The van der Waals surface area contributed by atoms with Crippen molar-refractivity contribution in [3.05, 3.63) is 221 Å².